The Balaban J connectivity index is 1.43. The molecule has 0 aliphatic carbocycles. The van der Waals surface area contributed by atoms with Crippen molar-refractivity contribution in [2.24, 2.45) is 0 Å². The van der Waals surface area contributed by atoms with Gasteiger partial charge in [0.15, 0.2) is 11.5 Å². The summed E-state index contributed by atoms with van der Waals surface area (Å²) in [6.45, 7) is 2.41. The van der Waals surface area contributed by atoms with Crippen molar-refractivity contribution in [2.45, 2.75) is 31.7 Å². The van der Waals surface area contributed by atoms with Crippen LogP contribution in [0.2, 0.25) is 5.02 Å². The van der Waals surface area contributed by atoms with Crippen LogP contribution in [0.1, 0.15) is 46.1 Å². The quantitative estimate of drug-likeness (QED) is 0.604. The van der Waals surface area contributed by atoms with Crippen LogP contribution in [0, 0.1) is 11.6 Å². The first-order chi connectivity index (χ1) is 15.5. The fourth-order valence-electron chi connectivity index (χ4n) is 4.25. The van der Waals surface area contributed by atoms with Gasteiger partial charge in [-0.05, 0) is 43.5 Å². The summed E-state index contributed by atoms with van der Waals surface area (Å²) in [6, 6.07) is 2.06. The van der Waals surface area contributed by atoms with E-state index in [1.807, 2.05) is 0 Å². The lowest BCUT2D eigenvalue weighted by Crippen LogP contribution is -2.32. The van der Waals surface area contributed by atoms with Crippen LogP contribution in [-0.2, 0) is 13.0 Å². The number of carbonyl (C=O) groups is 1. The minimum Gasteiger partial charge on any atom is -0.351 e. The molecule has 2 aliphatic heterocycles. The van der Waals surface area contributed by atoms with Gasteiger partial charge in [0.05, 0.1) is 23.1 Å². The summed E-state index contributed by atoms with van der Waals surface area (Å²) in [5.41, 5.74) is 1.91. The van der Waals surface area contributed by atoms with Crippen molar-refractivity contribution >= 4 is 23.3 Å². The highest BCUT2D eigenvalue weighted by Gasteiger charge is 2.26. The Morgan fingerprint density at radius 2 is 2.09 bits per heavy atom. The molecule has 1 atom stereocenters. The summed E-state index contributed by atoms with van der Waals surface area (Å²) in [5.74, 6) is -0.837. The molecule has 0 saturated carbocycles. The summed E-state index contributed by atoms with van der Waals surface area (Å²) in [4.78, 5) is 23.8. The second kappa shape index (κ2) is 8.55. The zero-order valence-corrected chi connectivity index (χ0v) is 17.9. The van der Waals surface area contributed by atoms with E-state index in [4.69, 9.17) is 11.6 Å². The maximum atomic E-state index is 14.3. The van der Waals surface area contributed by atoms with Crippen LogP contribution in [0.4, 0.5) is 14.6 Å². The molecular weight excluding hydrogens is 438 g/mol. The third-order valence-corrected chi connectivity index (χ3v) is 6.43. The largest absolute Gasteiger partial charge is 0.351 e. The lowest BCUT2D eigenvalue weighted by Gasteiger charge is -2.30. The smallest absolute Gasteiger partial charge is 0.298 e. The van der Waals surface area contributed by atoms with Gasteiger partial charge in [-0.1, -0.05) is 11.6 Å². The Hall–Kier alpha value is -2.91. The standard InChI is InChI=1S/C22H21ClF2N6O/c23-20-15(16(24)3-4-17(20)25)12-30-7-1-2-18-21(30)29-19(10-27-18)22(32)31-11-14(9-28-31)13-5-6-26-8-13/h3-4,9-11,13,26H,1-2,5-8,12H2. The minimum atomic E-state index is -0.678. The lowest BCUT2D eigenvalue weighted by atomic mass is 10.0. The van der Waals surface area contributed by atoms with Crippen LogP contribution in [0.25, 0.3) is 0 Å². The molecule has 1 fully saturated rings. The monoisotopic (exact) mass is 458 g/mol. The number of aromatic nitrogens is 4. The van der Waals surface area contributed by atoms with Crippen molar-refractivity contribution in [1.82, 2.24) is 25.1 Å². The van der Waals surface area contributed by atoms with Crippen LogP contribution in [0.5, 0.6) is 0 Å². The van der Waals surface area contributed by atoms with E-state index in [0.29, 0.717) is 30.4 Å². The molecule has 0 radical (unpaired) electrons. The van der Waals surface area contributed by atoms with Gasteiger partial charge in [0, 0.05) is 37.3 Å². The number of anilines is 1. The average Bonchev–Trinajstić information content (AvgIpc) is 3.51. The van der Waals surface area contributed by atoms with E-state index in [2.05, 4.69) is 20.4 Å². The fourth-order valence-corrected chi connectivity index (χ4v) is 4.47. The van der Waals surface area contributed by atoms with Crippen molar-refractivity contribution in [3.63, 3.8) is 0 Å². The molecule has 0 amide bonds. The van der Waals surface area contributed by atoms with E-state index >= 15 is 0 Å². The molecule has 2 aliphatic rings. The number of hydrogen-bond donors (Lipinski definition) is 1. The highest BCUT2D eigenvalue weighted by molar-refractivity contribution is 6.31. The van der Waals surface area contributed by atoms with E-state index < -0.39 is 17.5 Å². The Bertz CT molecular complexity index is 1180. The van der Waals surface area contributed by atoms with Crippen molar-refractivity contribution in [2.75, 3.05) is 24.5 Å². The summed E-state index contributed by atoms with van der Waals surface area (Å²) in [6.07, 6.45) is 7.36. The van der Waals surface area contributed by atoms with E-state index in [-0.39, 0.29) is 22.8 Å². The number of hydrogen-bond acceptors (Lipinski definition) is 6. The zero-order chi connectivity index (χ0) is 22.2. The Labute approximate surface area is 188 Å². The molecule has 5 rings (SSSR count). The molecule has 1 N–H and O–H groups in total. The van der Waals surface area contributed by atoms with Crippen molar-refractivity contribution in [3.05, 3.63) is 69.9 Å². The maximum absolute atomic E-state index is 14.3. The molecule has 2 aromatic heterocycles. The number of benzene rings is 1. The second-order valence-corrected chi connectivity index (χ2v) is 8.46. The molecule has 1 saturated heterocycles. The Morgan fingerprint density at radius 3 is 2.91 bits per heavy atom. The van der Waals surface area contributed by atoms with Gasteiger partial charge < -0.3 is 10.2 Å². The van der Waals surface area contributed by atoms with Crippen LogP contribution in [0.15, 0.2) is 30.7 Å². The van der Waals surface area contributed by atoms with Gasteiger partial charge in [0.1, 0.15) is 11.6 Å². The Kier molecular flexibility index (Phi) is 5.60. The van der Waals surface area contributed by atoms with Gasteiger partial charge in [-0.25, -0.2) is 18.4 Å². The number of nitrogens with one attached hydrogen (secondary N) is 1. The number of nitrogens with zero attached hydrogens (tertiary/aromatic N) is 5. The normalized spacial score (nSPS) is 18.1. The number of aryl methyl sites for hydroxylation is 1. The molecule has 3 aromatic rings. The van der Waals surface area contributed by atoms with E-state index in [1.165, 1.54) is 10.9 Å². The third-order valence-electron chi connectivity index (χ3n) is 6.02. The lowest BCUT2D eigenvalue weighted by molar-refractivity contribution is 0.0939. The van der Waals surface area contributed by atoms with Gasteiger partial charge in [0.2, 0.25) is 0 Å². The van der Waals surface area contributed by atoms with Gasteiger partial charge in [-0.15, -0.1) is 0 Å². The third kappa shape index (κ3) is 3.86. The van der Waals surface area contributed by atoms with E-state index in [9.17, 15) is 13.6 Å². The minimum absolute atomic E-state index is 0.0301. The molecule has 166 valence electrons. The van der Waals surface area contributed by atoms with E-state index in [0.717, 1.165) is 43.6 Å². The first kappa shape index (κ1) is 21.0. The van der Waals surface area contributed by atoms with Gasteiger partial charge in [-0.3, -0.25) is 9.78 Å². The molecular formula is C22H21ClF2N6O. The first-order valence-electron chi connectivity index (χ1n) is 10.5. The average molecular weight is 459 g/mol. The van der Waals surface area contributed by atoms with E-state index in [1.54, 1.807) is 17.3 Å². The molecule has 0 bridgehead atoms. The summed E-state index contributed by atoms with van der Waals surface area (Å²) >= 11 is 6.01. The van der Waals surface area contributed by atoms with Crippen LogP contribution >= 0.6 is 11.6 Å². The summed E-state index contributed by atoms with van der Waals surface area (Å²) in [7, 11) is 0. The Morgan fingerprint density at radius 1 is 1.25 bits per heavy atom. The molecule has 4 heterocycles. The number of fused-ring (bicyclic) bond motifs is 1. The van der Waals surface area contributed by atoms with Gasteiger partial charge in [-0.2, -0.15) is 5.10 Å². The van der Waals surface area contributed by atoms with Crippen LogP contribution < -0.4 is 10.2 Å². The molecule has 7 nitrogen and oxygen atoms in total. The zero-order valence-electron chi connectivity index (χ0n) is 17.2. The van der Waals surface area contributed by atoms with Crippen LogP contribution in [0.3, 0.4) is 0 Å². The SMILES string of the molecule is O=C(c1cnc2c(n1)N(Cc1c(F)ccc(F)c1Cl)CCC2)n1cc(C2CCNC2)cn1. The highest BCUT2D eigenvalue weighted by atomic mass is 35.5. The highest BCUT2D eigenvalue weighted by Crippen LogP contribution is 2.30. The molecule has 1 unspecified atom stereocenters. The second-order valence-electron chi connectivity index (χ2n) is 8.09. The number of carbonyl (C=O) groups excluding carboxylic acids is 1. The van der Waals surface area contributed by atoms with Crippen molar-refractivity contribution in [1.29, 1.82) is 0 Å². The topological polar surface area (TPSA) is 75.9 Å². The predicted molar refractivity (Wildman–Crippen MR) is 115 cm³/mol. The fraction of sp³-hybridized carbons (Fsp3) is 0.364. The van der Waals surface area contributed by atoms with Crippen molar-refractivity contribution < 1.29 is 13.6 Å². The maximum Gasteiger partial charge on any atom is 0.298 e. The summed E-state index contributed by atoms with van der Waals surface area (Å²) in [5, 5.41) is 7.27. The summed E-state index contributed by atoms with van der Waals surface area (Å²) < 4.78 is 29.5. The molecule has 1 aromatic carbocycles. The van der Waals surface area contributed by atoms with Gasteiger partial charge in [0.25, 0.3) is 5.91 Å². The predicted octanol–water partition coefficient (Wildman–Crippen LogP) is 3.32. The first-order valence-corrected chi connectivity index (χ1v) is 10.9. The number of halogens is 3. The van der Waals surface area contributed by atoms with Gasteiger partial charge >= 0.3 is 0 Å². The molecule has 32 heavy (non-hydrogen) atoms. The molecule has 10 heteroatoms. The number of rotatable bonds is 4. The molecule has 0 spiro atoms. The van der Waals surface area contributed by atoms with Crippen molar-refractivity contribution in [3.8, 4) is 0 Å². The van der Waals surface area contributed by atoms with Crippen LogP contribution in [-0.4, -0.2) is 45.3 Å².